The normalized spacial score (nSPS) is 9.74. The Balaban J connectivity index is 0.000000502. The van der Waals surface area contributed by atoms with Gasteiger partial charge < -0.3 is 5.32 Å². The Hall–Kier alpha value is -2.35. The molecule has 8 nitrogen and oxygen atoms in total. The highest BCUT2D eigenvalue weighted by atomic mass is 16.2. The smallest absolute Gasteiger partial charge is 0.233 e. The van der Waals surface area contributed by atoms with Gasteiger partial charge in [-0.2, -0.15) is 0 Å². The molecule has 1 aromatic rings. The zero-order valence-electron chi connectivity index (χ0n) is 13.7. The highest BCUT2D eigenvalue weighted by molar-refractivity contribution is 5.85. The van der Waals surface area contributed by atoms with Crippen LogP contribution in [0.2, 0.25) is 0 Å². The summed E-state index contributed by atoms with van der Waals surface area (Å²) in [6.07, 6.45) is 1.95. The lowest BCUT2D eigenvalue weighted by atomic mass is 10.1. The molecule has 8 heteroatoms. The van der Waals surface area contributed by atoms with Crippen LogP contribution in [0.4, 0.5) is 0 Å². The van der Waals surface area contributed by atoms with E-state index >= 15 is 0 Å². The molecular weight excluding hydrogens is 302 g/mol. The second kappa shape index (κ2) is 10.4. The van der Waals surface area contributed by atoms with Crippen LogP contribution in [0.5, 0.6) is 0 Å². The van der Waals surface area contributed by atoms with Crippen molar-refractivity contribution in [3.63, 3.8) is 0 Å². The van der Waals surface area contributed by atoms with Gasteiger partial charge in [0.2, 0.25) is 22.7 Å². The molecule has 0 spiro atoms. The van der Waals surface area contributed by atoms with Crippen molar-refractivity contribution in [2.24, 2.45) is 5.84 Å². The predicted octanol–water partition coefficient (Wildman–Crippen LogP) is -0.859. The van der Waals surface area contributed by atoms with E-state index in [2.05, 4.69) is 5.32 Å². The van der Waals surface area contributed by atoms with Gasteiger partial charge in [-0.1, -0.05) is 0 Å². The number of hydrogen-bond donors (Lipinski definition) is 3. The molecule has 128 valence electrons. The third-order valence-corrected chi connectivity index (χ3v) is 3.25. The van der Waals surface area contributed by atoms with Crippen LogP contribution in [0.25, 0.3) is 0 Å². The van der Waals surface area contributed by atoms with Gasteiger partial charge in [0.05, 0.1) is 6.54 Å². The third-order valence-electron chi connectivity index (χ3n) is 3.25. The molecule has 0 aliphatic carbocycles. The van der Waals surface area contributed by atoms with Crippen LogP contribution < -0.4 is 27.4 Å². The van der Waals surface area contributed by atoms with Crippen molar-refractivity contribution in [1.29, 1.82) is 0 Å². The second-order valence-corrected chi connectivity index (χ2v) is 5.13. The summed E-state index contributed by atoms with van der Waals surface area (Å²) in [4.78, 5) is 53.0. The zero-order valence-corrected chi connectivity index (χ0v) is 13.7. The Kier molecular flexibility index (Phi) is 9.33. The number of amides is 2. The maximum atomic E-state index is 11.1. The predicted molar refractivity (Wildman–Crippen MR) is 85.3 cm³/mol. The highest BCUT2D eigenvalue weighted by Crippen LogP contribution is 1.99. The molecule has 23 heavy (non-hydrogen) atoms. The van der Waals surface area contributed by atoms with Gasteiger partial charge in [-0.15, -0.1) is 0 Å². The number of hydrazine groups is 1. The summed E-state index contributed by atoms with van der Waals surface area (Å²) in [5.74, 6) is 4.40. The molecule has 0 unspecified atom stereocenters. The minimum absolute atomic E-state index is 0.0293. The maximum Gasteiger partial charge on any atom is 0.233 e. The van der Waals surface area contributed by atoms with E-state index in [1.807, 2.05) is 5.43 Å². The van der Waals surface area contributed by atoms with E-state index in [0.717, 1.165) is 0 Å². The van der Waals surface area contributed by atoms with Crippen LogP contribution in [0.15, 0.2) is 9.59 Å². The van der Waals surface area contributed by atoms with Crippen LogP contribution in [-0.4, -0.2) is 24.1 Å². The number of nitrogens with two attached hydrogens (primary N) is 1. The SMILES string of the molecule is CC(=O)NCC(=O)CCCCC(=O)NN.Cc1c(C)c(=O)c1=O. The summed E-state index contributed by atoms with van der Waals surface area (Å²) in [7, 11) is 0. The van der Waals surface area contributed by atoms with E-state index < -0.39 is 0 Å². The van der Waals surface area contributed by atoms with Crippen molar-refractivity contribution in [3.8, 4) is 0 Å². The van der Waals surface area contributed by atoms with Crippen molar-refractivity contribution in [2.75, 3.05) is 6.54 Å². The number of unbranched alkanes of at least 4 members (excludes halogenated alkanes) is 1. The van der Waals surface area contributed by atoms with Gasteiger partial charge in [-0.05, 0) is 26.7 Å². The van der Waals surface area contributed by atoms with E-state index in [0.29, 0.717) is 36.8 Å². The summed E-state index contributed by atoms with van der Waals surface area (Å²) in [5, 5.41) is 2.42. The Bertz CT molecular complexity index is 600. The van der Waals surface area contributed by atoms with E-state index in [1.165, 1.54) is 6.92 Å². The summed E-state index contributed by atoms with van der Waals surface area (Å²) in [6.45, 7) is 4.76. The minimum Gasteiger partial charge on any atom is -0.349 e. The van der Waals surface area contributed by atoms with Gasteiger partial charge in [-0.3, -0.25) is 29.4 Å². The van der Waals surface area contributed by atoms with Crippen LogP contribution in [0.3, 0.4) is 0 Å². The average Bonchev–Trinajstić information content (AvgIpc) is 2.55. The van der Waals surface area contributed by atoms with Crippen molar-refractivity contribution >= 4 is 17.6 Å². The van der Waals surface area contributed by atoms with E-state index in [-0.39, 0.29) is 35.0 Å². The first-order valence-electron chi connectivity index (χ1n) is 7.22. The Morgan fingerprint density at radius 3 is 1.83 bits per heavy atom. The van der Waals surface area contributed by atoms with Gasteiger partial charge in [0.25, 0.3) is 0 Å². The fraction of sp³-hybridized carbons (Fsp3) is 0.533. The lowest BCUT2D eigenvalue weighted by Gasteiger charge is -2.01. The van der Waals surface area contributed by atoms with Crippen molar-refractivity contribution < 1.29 is 14.4 Å². The van der Waals surface area contributed by atoms with Crippen LogP contribution in [-0.2, 0) is 14.4 Å². The molecule has 4 N–H and O–H groups in total. The standard InChI is InChI=1S/C9H17N3O3.C6H6O2/c1-7(13)11-6-8(14)4-2-3-5-9(15)12-10;1-3-4(2)6(8)5(3)7/h2-6,10H2,1H3,(H,11,13)(H,12,15);1-2H3. The molecule has 0 saturated carbocycles. The largest absolute Gasteiger partial charge is 0.349 e. The molecule has 0 heterocycles. The number of rotatable bonds is 7. The number of Topliss-reactive ketones (excluding diaryl/α,β-unsaturated/α-hetero) is 1. The molecule has 0 aliphatic heterocycles. The molecule has 0 aliphatic rings. The first-order chi connectivity index (χ1) is 10.7. The van der Waals surface area contributed by atoms with Gasteiger partial charge in [-0.25, -0.2) is 5.84 Å². The fourth-order valence-electron chi connectivity index (χ4n) is 1.61. The molecule has 0 bridgehead atoms. The third kappa shape index (κ3) is 8.01. The molecule has 0 fully saturated rings. The summed E-state index contributed by atoms with van der Waals surface area (Å²) in [5.41, 5.74) is 2.62. The van der Waals surface area contributed by atoms with Crippen molar-refractivity contribution in [1.82, 2.24) is 10.7 Å². The van der Waals surface area contributed by atoms with Gasteiger partial charge >= 0.3 is 0 Å². The lowest BCUT2D eigenvalue weighted by molar-refractivity contribution is -0.124. The van der Waals surface area contributed by atoms with Gasteiger partial charge in [0, 0.05) is 30.9 Å². The molecule has 1 rings (SSSR count). The highest BCUT2D eigenvalue weighted by Gasteiger charge is 2.10. The zero-order chi connectivity index (χ0) is 18.0. The summed E-state index contributed by atoms with van der Waals surface area (Å²) >= 11 is 0. The fourth-order valence-corrected chi connectivity index (χ4v) is 1.61. The Morgan fingerprint density at radius 1 is 0.957 bits per heavy atom. The molecule has 2 amide bonds. The monoisotopic (exact) mass is 325 g/mol. The maximum absolute atomic E-state index is 11.1. The van der Waals surface area contributed by atoms with E-state index in [4.69, 9.17) is 5.84 Å². The lowest BCUT2D eigenvalue weighted by Crippen LogP contribution is -2.36. The summed E-state index contributed by atoms with van der Waals surface area (Å²) < 4.78 is 0. The Labute approximate surface area is 134 Å². The van der Waals surface area contributed by atoms with Crippen molar-refractivity contribution in [3.05, 3.63) is 31.6 Å². The van der Waals surface area contributed by atoms with Gasteiger partial charge in [0.15, 0.2) is 5.78 Å². The Morgan fingerprint density at radius 2 is 1.43 bits per heavy atom. The van der Waals surface area contributed by atoms with Crippen molar-refractivity contribution in [2.45, 2.75) is 46.5 Å². The average molecular weight is 325 g/mol. The first-order valence-corrected chi connectivity index (χ1v) is 7.22. The number of carbonyl (C=O) groups excluding carboxylic acids is 3. The molecule has 0 atom stereocenters. The molecule has 0 radical (unpaired) electrons. The number of hydrogen-bond acceptors (Lipinski definition) is 6. The summed E-state index contributed by atoms with van der Waals surface area (Å²) in [6, 6.07) is 0. The number of nitrogens with one attached hydrogen (secondary N) is 2. The topological polar surface area (TPSA) is 135 Å². The minimum atomic E-state index is -0.317. The van der Waals surface area contributed by atoms with E-state index in [9.17, 15) is 24.0 Å². The van der Waals surface area contributed by atoms with Crippen LogP contribution in [0, 0.1) is 13.8 Å². The molecule has 0 saturated heterocycles. The molecule has 1 aromatic carbocycles. The van der Waals surface area contributed by atoms with E-state index in [1.54, 1.807) is 13.8 Å². The first kappa shape index (κ1) is 20.6. The quantitative estimate of drug-likeness (QED) is 0.196. The van der Waals surface area contributed by atoms with Crippen LogP contribution >= 0.6 is 0 Å². The molecular formula is C15H23N3O5. The number of carbonyl (C=O) groups is 3. The second-order valence-electron chi connectivity index (χ2n) is 5.13. The molecule has 0 aromatic heterocycles. The van der Waals surface area contributed by atoms with Gasteiger partial charge in [0.1, 0.15) is 0 Å². The number of ketones is 1. The van der Waals surface area contributed by atoms with Crippen LogP contribution in [0.1, 0.15) is 43.7 Å².